The highest BCUT2D eigenvalue weighted by atomic mass is 16.6. The molecule has 2 aliphatic rings. The molecule has 27 heavy (non-hydrogen) atoms. The maximum absolute atomic E-state index is 12.5. The molecule has 5 heteroatoms. The lowest BCUT2D eigenvalue weighted by molar-refractivity contribution is -0.143. The number of nitrogens with zero attached hydrogens (tertiary/aromatic N) is 1. The number of allylic oxidation sites excluding steroid dienone is 4. The Bertz CT molecular complexity index is 632. The van der Waals surface area contributed by atoms with Gasteiger partial charge in [-0.2, -0.15) is 0 Å². The molecule has 2 rings (SSSR count). The fourth-order valence-corrected chi connectivity index (χ4v) is 3.91. The largest absolute Gasteiger partial charge is 0.478 e. The van der Waals surface area contributed by atoms with Gasteiger partial charge in [-0.3, -0.25) is 4.79 Å². The van der Waals surface area contributed by atoms with E-state index in [0.717, 1.165) is 24.8 Å². The highest BCUT2D eigenvalue weighted by molar-refractivity contribution is 5.86. The summed E-state index contributed by atoms with van der Waals surface area (Å²) in [6.07, 6.45) is 11.6. The molecule has 0 saturated carbocycles. The van der Waals surface area contributed by atoms with Gasteiger partial charge in [0, 0.05) is 18.0 Å². The van der Waals surface area contributed by atoms with Gasteiger partial charge in [0.05, 0.1) is 5.92 Å². The molecule has 1 saturated heterocycles. The highest BCUT2D eigenvalue weighted by Gasteiger charge is 2.43. The summed E-state index contributed by atoms with van der Waals surface area (Å²) in [5.41, 5.74) is 1.59. The first-order valence-corrected chi connectivity index (χ1v) is 9.89. The lowest BCUT2D eigenvalue weighted by Gasteiger charge is -2.23. The van der Waals surface area contributed by atoms with Gasteiger partial charge in [-0.25, -0.2) is 4.79 Å². The Morgan fingerprint density at radius 3 is 2.74 bits per heavy atom. The fourth-order valence-electron chi connectivity index (χ4n) is 3.91. The van der Waals surface area contributed by atoms with E-state index in [1.54, 1.807) is 0 Å². The normalized spacial score (nSPS) is 35.2. The number of carboxylic acids is 1. The molecule has 5 nitrogen and oxygen atoms in total. The number of esters is 1. The minimum absolute atomic E-state index is 0.0864. The van der Waals surface area contributed by atoms with Crippen LogP contribution in [0.3, 0.4) is 0 Å². The van der Waals surface area contributed by atoms with Crippen LogP contribution in [0, 0.1) is 17.8 Å². The van der Waals surface area contributed by atoms with Gasteiger partial charge < -0.3 is 14.7 Å². The number of ether oxygens (including phenoxy) is 1. The first kappa shape index (κ1) is 21.4. The molecule has 1 heterocycles. The average Bonchev–Trinajstić information content (AvgIpc) is 2.85. The molecule has 0 aromatic rings. The number of hydrogen-bond acceptors (Lipinski definition) is 4. The Kier molecular flexibility index (Phi) is 7.84. The summed E-state index contributed by atoms with van der Waals surface area (Å²) in [5.74, 6) is -0.500. The first-order chi connectivity index (χ1) is 12.8. The first-order valence-electron chi connectivity index (χ1n) is 9.89. The van der Waals surface area contributed by atoms with Crippen molar-refractivity contribution in [3.8, 4) is 0 Å². The molecule has 0 radical (unpaired) electrons. The van der Waals surface area contributed by atoms with Crippen LogP contribution in [-0.2, 0) is 14.3 Å². The predicted octanol–water partition coefficient (Wildman–Crippen LogP) is 3.82. The molecule has 0 bridgehead atoms. The van der Waals surface area contributed by atoms with E-state index in [1.165, 1.54) is 0 Å². The standard InChI is InChI=1S/C22H33NO4/c1-15-7-5-9-17(21(24)25)10-6-8-16(2)13-20-18(12-11-15)19(14-23(3)4)22(26)27-20/h5,7,10,13,15,18-20H,6,8-9,11-12,14H2,1-4H3,(H,24,25)/b7-5+,16-13+,17-10+/t15?,18-,19-,20-/m0/s1. The minimum atomic E-state index is -0.850. The summed E-state index contributed by atoms with van der Waals surface area (Å²) < 4.78 is 5.73. The van der Waals surface area contributed by atoms with Crippen molar-refractivity contribution in [3.63, 3.8) is 0 Å². The van der Waals surface area contributed by atoms with E-state index in [2.05, 4.69) is 24.0 Å². The van der Waals surface area contributed by atoms with Crippen LogP contribution < -0.4 is 0 Å². The maximum Gasteiger partial charge on any atom is 0.331 e. The zero-order valence-corrected chi connectivity index (χ0v) is 17.0. The predicted molar refractivity (Wildman–Crippen MR) is 106 cm³/mol. The second kappa shape index (κ2) is 9.88. The number of aliphatic carboxylic acids is 1. The van der Waals surface area contributed by atoms with Gasteiger partial charge in [0.25, 0.3) is 0 Å². The second-order valence-electron chi connectivity index (χ2n) is 8.21. The molecular weight excluding hydrogens is 342 g/mol. The topological polar surface area (TPSA) is 66.8 Å². The number of fused-ring (bicyclic) bond motifs is 1. The molecule has 1 unspecified atom stereocenters. The molecule has 0 aromatic carbocycles. The van der Waals surface area contributed by atoms with Crippen molar-refractivity contribution in [2.75, 3.05) is 20.6 Å². The van der Waals surface area contributed by atoms with E-state index >= 15 is 0 Å². The van der Waals surface area contributed by atoms with Crippen molar-refractivity contribution in [1.82, 2.24) is 4.90 Å². The van der Waals surface area contributed by atoms with Gasteiger partial charge in [0.1, 0.15) is 6.10 Å². The Labute approximate surface area is 162 Å². The van der Waals surface area contributed by atoms with Gasteiger partial charge >= 0.3 is 11.9 Å². The van der Waals surface area contributed by atoms with Crippen LogP contribution in [0.15, 0.2) is 35.5 Å². The second-order valence-corrected chi connectivity index (χ2v) is 8.21. The lowest BCUT2D eigenvalue weighted by Crippen LogP contribution is -2.30. The van der Waals surface area contributed by atoms with Gasteiger partial charge in [-0.1, -0.05) is 30.7 Å². The number of carbonyl (C=O) groups excluding carboxylic acids is 1. The van der Waals surface area contributed by atoms with Crippen molar-refractivity contribution in [2.24, 2.45) is 17.8 Å². The van der Waals surface area contributed by atoms with Crippen LogP contribution in [0.25, 0.3) is 0 Å². The van der Waals surface area contributed by atoms with E-state index < -0.39 is 5.97 Å². The molecule has 150 valence electrons. The van der Waals surface area contributed by atoms with Crippen LogP contribution in [-0.4, -0.2) is 48.7 Å². The average molecular weight is 376 g/mol. The number of rotatable bonds is 3. The summed E-state index contributed by atoms with van der Waals surface area (Å²) in [5, 5.41) is 9.35. The molecular formula is C22H33NO4. The quantitative estimate of drug-likeness (QED) is 0.600. The van der Waals surface area contributed by atoms with Crippen molar-refractivity contribution in [3.05, 3.63) is 35.5 Å². The maximum atomic E-state index is 12.5. The van der Waals surface area contributed by atoms with Crippen molar-refractivity contribution >= 4 is 11.9 Å². The summed E-state index contributed by atoms with van der Waals surface area (Å²) in [6, 6.07) is 0. The summed E-state index contributed by atoms with van der Waals surface area (Å²) in [4.78, 5) is 25.9. The monoisotopic (exact) mass is 375 g/mol. The van der Waals surface area contributed by atoms with Gasteiger partial charge in [-0.15, -0.1) is 0 Å². The van der Waals surface area contributed by atoms with E-state index in [0.29, 0.717) is 30.9 Å². The third-order valence-electron chi connectivity index (χ3n) is 5.47. The Morgan fingerprint density at radius 2 is 2.07 bits per heavy atom. The highest BCUT2D eigenvalue weighted by Crippen LogP contribution is 2.35. The minimum Gasteiger partial charge on any atom is -0.478 e. The van der Waals surface area contributed by atoms with Crippen molar-refractivity contribution in [2.45, 2.75) is 52.1 Å². The summed E-state index contributed by atoms with van der Waals surface area (Å²) >= 11 is 0. The van der Waals surface area contributed by atoms with Crippen LogP contribution in [0.4, 0.5) is 0 Å². The van der Waals surface area contributed by atoms with Gasteiger partial charge in [0.15, 0.2) is 0 Å². The van der Waals surface area contributed by atoms with Crippen LogP contribution in [0.2, 0.25) is 0 Å². The van der Waals surface area contributed by atoms with Crippen molar-refractivity contribution in [1.29, 1.82) is 0 Å². The fraction of sp³-hybridized carbons (Fsp3) is 0.636. The zero-order chi connectivity index (χ0) is 20.0. The number of carboxylic acid groups (broad SMARTS) is 1. The smallest absolute Gasteiger partial charge is 0.331 e. The van der Waals surface area contributed by atoms with E-state index in [9.17, 15) is 14.7 Å². The van der Waals surface area contributed by atoms with Crippen LogP contribution in [0.5, 0.6) is 0 Å². The van der Waals surface area contributed by atoms with E-state index in [4.69, 9.17) is 4.74 Å². The third kappa shape index (κ3) is 6.35. The Balaban J connectivity index is 2.24. The lowest BCUT2D eigenvalue weighted by atomic mass is 9.83. The van der Waals surface area contributed by atoms with E-state index in [-0.39, 0.29) is 23.9 Å². The molecule has 1 fully saturated rings. The Hall–Kier alpha value is -1.88. The van der Waals surface area contributed by atoms with Crippen molar-refractivity contribution < 1.29 is 19.4 Å². The SMILES string of the molecule is C/C1=C\[C@@H]2OC(=O)[C@@H](CN(C)C)[C@@H]2CCC(C)/C=C/C/C(C(=O)O)=C\CC1. The molecule has 1 N–H and O–H groups in total. The number of hydrogen-bond donors (Lipinski definition) is 1. The van der Waals surface area contributed by atoms with Gasteiger partial charge in [0.2, 0.25) is 0 Å². The molecule has 1 aliphatic carbocycles. The van der Waals surface area contributed by atoms with Crippen LogP contribution >= 0.6 is 0 Å². The van der Waals surface area contributed by atoms with Crippen LogP contribution in [0.1, 0.15) is 46.0 Å². The molecule has 4 atom stereocenters. The molecule has 0 spiro atoms. The summed E-state index contributed by atoms with van der Waals surface area (Å²) in [6.45, 7) is 4.88. The Morgan fingerprint density at radius 1 is 1.33 bits per heavy atom. The van der Waals surface area contributed by atoms with E-state index in [1.807, 2.05) is 33.2 Å². The van der Waals surface area contributed by atoms with Gasteiger partial charge in [-0.05, 0) is 65.1 Å². The molecule has 0 aromatic heterocycles. The third-order valence-corrected chi connectivity index (χ3v) is 5.47. The summed E-state index contributed by atoms with van der Waals surface area (Å²) in [7, 11) is 3.98. The molecule has 0 amide bonds. The molecule has 1 aliphatic heterocycles. The zero-order valence-electron chi connectivity index (χ0n) is 17.0. The number of carbonyl (C=O) groups is 2.